The van der Waals surface area contributed by atoms with Gasteiger partial charge in [-0.05, 0) is 88.3 Å². The van der Waals surface area contributed by atoms with E-state index < -0.39 is 0 Å². The number of benzene rings is 9. The van der Waals surface area contributed by atoms with E-state index in [4.69, 9.17) is 0 Å². The molecule has 0 saturated heterocycles. The molecule has 0 aliphatic heterocycles. The molecule has 0 N–H and O–H groups in total. The third kappa shape index (κ3) is 4.54. The molecule has 3 aromatic heterocycles. The van der Waals surface area contributed by atoms with E-state index >= 15 is 0 Å². The highest BCUT2D eigenvalue weighted by molar-refractivity contribution is 7.26. The zero-order valence-electron chi connectivity index (χ0n) is 29.8. The molecule has 0 fully saturated rings. The van der Waals surface area contributed by atoms with Crippen molar-refractivity contribution in [2.75, 3.05) is 0 Å². The van der Waals surface area contributed by atoms with Crippen LogP contribution in [0.3, 0.4) is 0 Å². The Kier molecular flexibility index (Phi) is 6.54. The van der Waals surface area contributed by atoms with Crippen molar-refractivity contribution < 1.29 is 0 Å². The summed E-state index contributed by atoms with van der Waals surface area (Å²) in [5.74, 6) is 0. The lowest BCUT2D eigenvalue weighted by molar-refractivity contribution is 1.19. The maximum Gasteiger partial charge on any atom is 0.0640 e. The van der Waals surface area contributed by atoms with Gasteiger partial charge in [0.1, 0.15) is 0 Å². The molecule has 0 spiro atoms. The molecule has 0 unspecified atom stereocenters. The molecule has 0 saturated carbocycles. The second-order valence-electron chi connectivity index (χ2n) is 14.5. The molecule has 0 amide bonds. The van der Waals surface area contributed by atoms with E-state index in [-0.39, 0.29) is 0 Å². The van der Waals surface area contributed by atoms with Crippen LogP contribution in [0.2, 0.25) is 0 Å². The van der Waals surface area contributed by atoms with E-state index in [2.05, 4.69) is 203 Å². The Hall–Kier alpha value is -6.94. The van der Waals surface area contributed by atoms with Gasteiger partial charge in [-0.3, -0.25) is 0 Å². The van der Waals surface area contributed by atoms with Crippen molar-refractivity contribution in [1.29, 1.82) is 0 Å². The van der Waals surface area contributed by atoms with Crippen LogP contribution < -0.4 is 0 Å². The average molecular weight is 717 g/mol. The van der Waals surface area contributed by atoms with Crippen molar-refractivity contribution in [1.82, 2.24) is 9.13 Å². The van der Waals surface area contributed by atoms with Gasteiger partial charge in [0, 0.05) is 48.1 Å². The predicted octanol–water partition coefficient (Wildman–Crippen LogP) is 14.7. The standard InChI is InChI=1S/C52H32N2S/c1-3-12-33(13-4-1)35-23-28-47-44(30-35)45-32-37(25-29-48(45)54(47)49-20-11-19-42-40-18-9-10-21-50(40)55-52(42)49)36-24-27-46-43(31-36)41-26-22-34-14-7-8-17-39(34)51(41)53(46)38-15-5-2-6-16-38/h1-32H. The largest absolute Gasteiger partial charge is 0.309 e. The molecule has 55 heavy (non-hydrogen) atoms. The first kappa shape index (κ1) is 30.5. The summed E-state index contributed by atoms with van der Waals surface area (Å²) in [5, 5.41) is 10.2. The minimum absolute atomic E-state index is 1.17. The third-order valence-corrected chi connectivity index (χ3v) is 12.7. The number of rotatable bonds is 4. The van der Waals surface area contributed by atoms with Gasteiger partial charge in [0.15, 0.2) is 0 Å². The van der Waals surface area contributed by atoms with Crippen LogP contribution in [0.5, 0.6) is 0 Å². The van der Waals surface area contributed by atoms with Crippen LogP contribution in [0, 0.1) is 0 Å². The van der Waals surface area contributed by atoms with Crippen molar-refractivity contribution in [2.24, 2.45) is 0 Å². The summed E-state index contributed by atoms with van der Waals surface area (Å²) in [5.41, 5.74) is 12.1. The van der Waals surface area contributed by atoms with Crippen molar-refractivity contribution in [2.45, 2.75) is 0 Å². The molecule has 256 valence electrons. The van der Waals surface area contributed by atoms with Crippen LogP contribution in [0.15, 0.2) is 194 Å². The maximum atomic E-state index is 2.49. The number of hydrogen-bond acceptors (Lipinski definition) is 1. The Morgan fingerprint density at radius 3 is 1.62 bits per heavy atom. The van der Waals surface area contributed by atoms with Gasteiger partial charge in [0.2, 0.25) is 0 Å². The van der Waals surface area contributed by atoms with E-state index in [1.807, 2.05) is 11.3 Å². The van der Waals surface area contributed by atoms with Gasteiger partial charge >= 0.3 is 0 Å². The lowest BCUT2D eigenvalue weighted by Crippen LogP contribution is -1.94. The van der Waals surface area contributed by atoms with Gasteiger partial charge in [-0.1, -0.05) is 133 Å². The smallest absolute Gasteiger partial charge is 0.0640 e. The highest BCUT2D eigenvalue weighted by Crippen LogP contribution is 2.43. The lowest BCUT2D eigenvalue weighted by atomic mass is 9.99. The number of fused-ring (bicyclic) bond motifs is 11. The summed E-state index contributed by atoms with van der Waals surface area (Å²) in [6.07, 6.45) is 0. The zero-order valence-corrected chi connectivity index (χ0v) is 30.6. The van der Waals surface area contributed by atoms with Crippen LogP contribution in [0.25, 0.3) is 108 Å². The Morgan fingerprint density at radius 1 is 0.327 bits per heavy atom. The number of aromatic nitrogens is 2. The first-order valence-corrected chi connectivity index (χ1v) is 19.7. The quantitative estimate of drug-likeness (QED) is 0.172. The van der Waals surface area contributed by atoms with E-state index in [0.29, 0.717) is 0 Å². The number of thiophene rings is 1. The lowest BCUT2D eigenvalue weighted by Gasteiger charge is -2.11. The SMILES string of the molecule is c1ccc(-c2ccc3c(c2)c2cc(-c4ccc5c(c4)c4ccc6ccccc6c4n5-c4ccccc4)ccc2n3-c2cccc3c2sc2ccccc23)cc1. The van der Waals surface area contributed by atoms with Crippen molar-refractivity contribution >= 4 is 85.9 Å². The van der Waals surface area contributed by atoms with Gasteiger partial charge in [-0.2, -0.15) is 0 Å². The zero-order chi connectivity index (χ0) is 36.0. The second kappa shape index (κ2) is 11.8. The van der Waals surface area contributed by atoms with Gasteiger partial charge < -0.3 is 9.13 Å². The summed E-state index contributed by atoms with van der Waals surface area (Å²) in [4.78, 5) is 0. The summed E-state index contributed by atoms with van der Waals surface area (Å²) < 4.78 is 7.55. The summed E-state index contributed by atoms with van der Waals surface area (Å²) in [7, 11) is 0. The van der Waals surface area contributed by atoms with E-state index in [1.54, 1.807) is 0 Å². The van der Waals surface area contributed by atoms with Crippen LogP contribution >= 0.6 is 11.3 Å². The fraction of sp³-hybridized carbons (Fsp3) is 0. The number of para-hydroxylation sites is 1. The van der Waals surface area contributed by atoms with Crippen LogP contribution in [0.1, 0.15) is 0 Å². The van der Waals surface area contributed by atoms with Crippen LogP contribution in [-0.4, -0.2) is 9.13 Å². The second-order valence-corrected chi connectivity index (χ2v) is 15.6. The summed E-state index contributed by atoms with van der Waals surface area (Å²) in [6.45, 7) is 0. The Morgan fingerprint density at radius 2 is 0.891 bits per heavy atom. The van der Waals surface area contributed by atoms with E-state index in [9.17, 15) is 0 Å². The topological polar surface area (TPSA) is 9.86 Å². The molecule has 0 aliphatic carbocycles. The predicted molar refractivity (Wildman–Crippen MR) is 236 cm³/mol. The number of hydrogen-bond donors (Lipinski definition) is 0. The summed E-state index contributed by atoms with van der Waals surface area (Å²) in [6, 6.07) is 71.4. The first-order valence-electron chi connectivity index (χ1n) is 18.8. The van der Waals surface area contributed by atoms with Crippen molar-refractivity contribution in [3.05, 3.63) is 194 Å². The third-order valence-electron chi connectivity index (χ3n) is 11.5. The minimum Gasteiger partial charge on any atom is -0.309 e. The van der Waals surface area contributed by atoms with Crippen molar-refractivity contribution in [3.63, 3.8) is 0 Å². The molecular weight excluding hydrogens is 685 g/mol. The molecule has 0 radical (unpaired) electrons. The Bertz CT molecular complexity index is 3470. The molecule has 3 heterocycles. The average Bonchev–Trinajstić information content (AvgIpc) is 3.91. The summed E-state index contributed by atoms with van der Waals surface area (Å²) >= 11 is 1.88. The van der Waals surface area contributed by atoms with Crippen molar-refractivity contribution in [3.8, 4) is 33.6 Å². The normalized spacial score (nSPS) is 12.0. The maximum absolute atomic E-state index is 2.49. The van der Waals surface area contributed by atoms with Crippen LogP contribution in [-0.2, 0) is 0 Å². The van der Waals surface area contributed by atoms with E-state index in [1.165, 1.54) is 108 Å². The molecule has 0 bridgehead atoms. The highest BCUT2D eigenvalue weighted by atomic mass is 32.1. The van der Waals surface area contributed by atoms with Gasteiger partial charge in [0.05, 0.1) is 32.5 Å². The van der Waals surface area contributed by atoms with E-state index in [0.717, 1.165) is 0 Å². The molecule has 2 nitrogen and oxygen atoms in total. The fourth-order valence-corrected chi connectivity index (χ4v) is 10.2. The molecule has 12 aromatic rings. The molecule has 0 aliphatic rings. The van der Waals surface area contributed by atoms with Gasteiger partial charge in [-0.25, -0.2) is 0 Å². The van der Waals surface area contributed by atoms with Gasteiger partial charge in [-0.15, -0.1) is 11.3 Å². The fourth-order valence-electron chi connectivity index (χ4n) is 8.99. The Balaban J connectivity index is 1.12. The molecule has 12 rings (SSSR count). The molecule has 9 aromatic carbocycles. The van der Waals surface area contributed by atoms with Gasteiger partial charge in [0.25, 0.3) is 0 Å². The molecular formula is C52H32N2S. The minimum atomic E-state index is 1.17. The van der Waals surface area contributed by atoms with Crippen LogP contribution in [0.4, 0.5) is 0 Å². The number of nitrogens with zero attached hydrogens (tertiary/aromatic N) is 2. The Labute approximate surface area is 321 Å². The highest BCUT2D eigenvalue weighted by Gasteiger charge is 2.20. The molecule has 3 heteroatoms. The monoisotopic (exact) mass is 716 g/mol. The molecule has 0 atom stereocenters. The first-order chi connectivity index (χ1) is 27.3.